The Labute approximate surface area is 147 Å². The molecule has 0 aliphatic carbocycles. The number of nitrogens with zero attached hydrogens (tertiary/aromatic N) is 5. The Morgan fingerprint density at radius 3 is 3.00 bits per heavy atom. The molecule has 0 radical (unpaired) electrons. The number of aliphatic hydroxyl groups is 1. The average molecular weight is 369 g/mol. The van der Waals surface area contributed by atoms with E-state index in [1.54, 1.807) is 0 Å². The van der Waals surface area contributed by atoms with Crippen molar-refractivity contribution in [1.82, 2.24) is 24.8 Å². The van der Waals surface area contributed by atoms with Gasteiger partial charge in [-0.05, 0) is 6.42 Å². The Morgan fingerprint density at radius 2 is 2.32 bits per heavy atom. The van der Waals surface area contributed by atoms with Gasteiger partial charge in [0.15, 0.2) is 11.7 Å². The molecule has 0 bridgehead atoms. The summed E-state index contributed by atoms with van der Waals surface area (Å²) in [5.74, 6) is 0.0857. The number of thioether (sulfide) groups is 1. The molecule has 1 fully saturated rings. The summed E-state index contributed by atoms with van der Waals surface area (Å²) in [7, 11) is 0. The standard InChI is InChI=1S/C14H19N5O5S/c1-3-4-9-12-13(18(7-20)16-9)14(22)19(17-15-12)10-6-25-11(24-10)5-23-8(2)21/h10-11,20H,3-7H2,1-2H3. The molecule has 0 aromatic carbocycles. The number of ether oxygens (including phenoxy) is 2. The lowest BCUT2D eigenvalue weighted by Crippen LogP contribution is -2.31. The van der Waals surface area contributed by atoms with Crippen molar-refractivity contribution in [3.8, 4) is 0 Å². The number of hydrogen-bond acceptors (Lipinski definition) is 9. The van der Waals surface area contributed by atoms with Crippen molar-refractivity contribution in [2.24, 2.45) is 0 Å². The van der Waals surface area contributed by atoms with E-state index in [9.17, 15) is 14.7 Å². The SMILES string of the molecule is CCCc1nn(CO)c2c(=O)n(C3CSC(COC(C)=O)O3)nnc12. The number of carbonyl (C=O) groups is 1. The topological polar surface area (TPSA) is 121 Å². The van der Waals surface area contributed by atoms with E-state index in [4.69, 9.17) is 9.47 Å². The highest BCUT2D eigenvalue weighted by Gasteiger charge is 2.31. The Bertz CT molecular complexity index is 835. The molecule has 3 rings (SSSR count). The lowest BCUT2D eigenvalue weighted by molar-refractivity contribution is -0.144. The van der Waals surface area contributed by atoms with Gasteiger partial charge >= 0.3 is 5.97 Å². The minimum atomic E-state index is -0.619. The van der Waals surface area contributed by atoms with Crippen molar-refractivity contribution in [3.05, 3.63) is 16.0 Å². The van der Waals surface area contributed by atoms with Gasteiger partial charge in [0.2, 0.25) is 0 Å². The summed E-state index contributed by atoms with van der Waals surface area (Å²) >= 11 is 1.43. The van der Waals surface area contributed by atoms with Crippen molar-refractivity contribution in [2.45, 2.75) is 45.1 Å². The summed E-state index contributed by atoms with van der Waals surface area (Å²) in [6.07, 6.45) is 0.858. The highest BCUT2D eigenvalue weighted by molar-refractivity contribution is 8.00. The number of esters is 1. The second kappa shape index (κ2) is 7.50. The highest BCUT2D eigenvalue weighted by Crippen LogP contribution is 2.30. The molecule has 11 heteroatoms. The van der Waals surface area contributed by atoms with E-state index < -0.39 is 18.5 Å². The fourth-order valence-electron chi connectivity index (χ4n) is 2.60. The maximum atomic E-state index is 12.8. The number of aryl methyl sites for hydroxylation is 1. The van der Waals surface area contributed by atoms with Gasteiger partial charge < -0.3 is 14.6 Å². The minimum absolute atomic E-state index is 0.107. The van der Waals surface area contributed by atoms with E-state index in [-0.39, 0.29) is 23.5 Å². The molecule has 3 heterocycles. The smallest absolute Gasteiger partial charge is 0.302 e. The third-order valence-corrected chi connectivity index (χ3v) is 4.80. The summed E-state index contributed by atoms with van der Waals surface area (Å²) in [5.41, 5.74) is 0.458. The van der Waals surface area contributed by atoms with Gasteiger partial charge in [0, 0.05) is 12.7 Å². The molecule has 1 saturated heterocycles. The zero-order valence-electron chi connectivity index (χ0n) is 13.9. The third kappa shape index (κ3) is 3.53. The van der Waals surface area contributed by atoms with Crippen molar-refractivity contribution >= 4 is 28.8 Å². The van der Waals surface area contributed by atoms with Gasteiger partial charge in [-0.1, -0.05) is 18.6 Å². The Balaban J connectivity index is 1.89. The average Bonchev–Trinajstić information content (AvgIpc) is 3.19. The molecule has 0 saturated carbocycles. The number of aromatic nitrogens is 5. The van der Waals surface area contributed by atoms with Crippen LogP contribution in [0.2, 0.25) is 0 Å². The molecule has 0 amide bonds. The van der Waals surface area contributed by atoms with Crippen LogP contribution in [-0.4, -0.2) is 53.6 Å². The van der Waals surface area contributed by atoms with E-state index in [1.807, 2.05) is 6.92 Å². The lowest BCUT2D eigenvalue weighted by Gasteiger charge is -2.13. The van der Waals surface area contributed by atoms with Crippen LogP contribution in [0, 0.1) is 0 Å². The Morgan fingerprint density at radius 1 is 1.52 bits per heavy atom. The van der Waals surface area contributed by atoms with Crippen molar-refractivity contribution in [3.63, 3.8) is 0 Å². The molecule has 2 atom stereocenters. The van der Waals surface area contributed by atoms with Gasteiger partial charge in [0.05, 0.1) is 5.69 Å². The van der Waals surface area contributed by atoms with Crippen LogP contribution in [-0.2, 0) is 27.4 Å². The maximum absolute atomic E-state index is 12.8. The normalized spacial score (nSPS) is 20.3. The van der Waals surface area contributed by atoms with Gasteiger partial charge in [-0.3, -0.25) is 9.59 Å². The summed E-state index contributed by atoms with van der Waals surface area (Å²) < 4.78 is 13.0. The Kier molecular flexibility index (Phi) is 5.35. The number of hydrogen-bond donors (Lipinski definition) is 1. The fraction of sp³-hybridized carbons (Fsp3) is 0.643. The molecule has 0 spiro atoms. The monoisotopic (exact) mass is 369 g/mol. The first-order valence-corrected chi connectivity index (χ1v) is 8.96. The molecular weight excluding hydrogens is 350 g/mol. The van der Waals surface area contributed by atoms with Crippen LogP contribution >= 0.6 is 11.8 Å². The van der Waals surface area contributed by atoms with Crippen LogP contribution < -0.4 is 5.56 Å². The first-order chi connectivity index (χ1) is 12.0. The second-order valence-electron chi connectivity index (χ2n) is 5.53. The first kappa shape index (κ1) is 17.8. The van der Waals surface area contributed by atoms with Gasteiger partial charge in [0.1, 0.15) is 24.3 Å². The predicted molar refractivity (Wildman–Crippen MR) is 88.8 cm³/mol. The molecule has 1 N–H and O–H groups in total. The van der Waals surface area contributed by atoms with Crippen LogP contribution in [0.4, 0.5) is 0 Å². The van der Waals surface area contributed by atoms with E-state index in [2.05, 4.69) is 15.4 Å². The van der Waals surface area contributed by atoms with E-state index in [1.165, 1.54) is 23.4 Å². The van der Waals surface area contributed by atoms with Gasteiger partial charge in [0.25, 0.3) is 5.56 Å². The maximum Gasteiger partial charge on any atom is 0.302 e. The van der Waals surface area contributed by atoms with Gasteiger partial charge in [-0.15, -0.1) is 16.9 Å². The van der Waals surface area contributed by atoms with Crippen molar-refractivity contribution in [1.29, 1.82) is 0 Å². The molecular formula is C14H19N5O5S. The molecule has 2 aromatic heterocycles. The zero-order valence-corrected chi connectivity index (χ0v) is 14.7. The molecule has 136 valence electrons. The van der Waals surface area contributed by atoms with Crippen molar-refractivity contribution < 1.29 is 19.4 Å². The Hall–Kier alpha value is -1.98. The number of rotatable bonds is 6. The van der Waals surface area contributed by atoms with Crippen molar-refractivity contribution in [2.75, 3.05) is 12.4 Å². The summed E-state index contributed by atoms with van der Waals surface area (Å²) in [6, 6.07) is 0. The largest absolute Gasteiger partial charge is 0.462 e. The summed E-state index contributed by atoms with van der Waals surface area (Å²) in [4.78, 5) is 23.7. The first-order valence-electron chi connectivity index (χ1n) is 7.91. The van der Waals surface area contributed by atoms with E-state index in [0.29, 0.717) is 23.4 Å². The quantitative estimate of drug-likeness (QED) is 0.703. The van der Waals surface area contributed by atoms with Crippen LogP contribution in [0.1, 0.15) is 32.2 Å². The van der Waals surface area contributed by atoms with Gasteiger partial charge in [-0.2, -0.15) is 9.78 Å². The fourth-order valence-corrected chi connectivity index (χ4v) is 3.57. The molecule has 2 unspecified atom stereocenters. The lowest BCUT2D eigenvalue weighted by atomic mass is 10.2. The van der Waals surface area contributed by atoms with E-state index in [0.717, 1.165) is 11.1 Å². The molecule has 1 aliphatic rings. The zero-order chi connectivity index (χ0) is 18.0. The predicted octanol–water partition coefficient (Wildman–Crippen LogP) is 0.0415. The summed E-state index contributed by atoms with van der Waals surface area (Å²) in [6.45, 7) is 3.00. The molecule has 25 heavy (non-hydrogen) atoms. The number of fused-ring (bicyclic) bond motifs is 1. The molecule has 10 nitrogen and oxygen atoms in total. The van der Waals surface area contributed by atoms with Gasteiger partial charge in [-0.25, -0.2) is 4.68 Å². The van der Waals surface area contributed by atoms with E-state index >= 15 is 0 Å². The molecule has 2 aromatic rings. The highest BCUT2D eigenvalue weighted by atomic mass is 32.2. The minimum Gasteiger partial charge on any atom is -0.462 e. The third-order valence-electron chi connectivity index (χ3n) is 3.70. The van der Waals surface area contributed by atoms with Crippen LogP contribution in [0.3, 0.4) is 0 Å². The van der Waals surface area contributed by atoms with Crippen LogP contribution in [0.15, 0.2) is 4.79 Å². The second-order valence-corrected chi connectivity index (χ2v) is 6.72. The molecule has 1 aliphatic heterocycles. The van der Waals surface area contributed by atoms with Crippen LogP contribution in [0.5, 0.6) is 0 Å². The van der Waals surface area contributed by atoms with Crippen LogP contribution in [0.25, 0.3) is 11.0 Å². The summed E-state index contributed by atoms with van der Waals surface area (Å²) in [5, 5.41) is 21.8. The number of aliphatic hydroxyl groups excluding tert-OH is 1. The number of carbonyl (C=O) groups excluding carboxylic acids is 1.